The molecule has 5 heteroatoms. The third-order valence-electron chi connectivity index (χ3n) is 7.48. The number of hydrogen-bond donors (Lipinski definition) is 0. The minimum Gasteiger partial charge on any atom is -0.371 e. The minimum atomic E-state index is 0.179. The summed E-state index contributed by atoms with van der Waals surface area (Å²) in [6, 6.07) is 17.7. The molecule has 160 valence electrons. The molecule has 3 aliphatic rings. The quantitative estimate of drug-likeness (QED) is 0.781. The molecule has 2 aromatic rings. The van der Waals surface area contributed by atoms with E-state index in [1.54, 1.807) is 6.07 Å². The highest BCUT2D eigenvalue weighted by Crippen LogP contribution is 2.42. The molecular weight excluding hydrogens is 372 g/mol. The summed E-state index contributed by atoms with van der Waals surface area (Å²) in [5.41, 5.74) is 2.79. The number of likely N-dealkylation sites (tertiary alicyclic amines) is 1. The molecular formula is C25H34N4O. The number of fused-ring (bicyclic) bond motifs is 4. The van der Waals surface area contributed by atoms with Gasteiger partial charge < -0.3 is 14.4 Å². The second-order valence-corrected chi connectivity index (χ2v) is 9.69. The van der Waals surface area contributed by atoms with E-state index in [-0.39, 0.29) is 11.6 Å². The number of nitrogens with zero attached hydrogens (tertiary/aromatic N) is 4. The van der Waals surface area contributed by atoms with E-state index in [1.165, 1.54) is 30.6 Å². The minimum absolute atomic E-state index is 0.179. The van der Waals surface area contributed by atoms with Crippen molar-refractivity contribution in [3.8, 4) is 0 Å². The van der Waals surface area contributed by atoms with Crippen LogP contribution in [0.2, 0.25) is 0 Å². The molecule has 2 saturated heterocycles. The molecule has 0 unspecified atom stereocenters. The average molecular weight is 407 g/mol. The molecule has 4 heterocycles. The lowest BCUT2D eigenvalue weighted by Gasteiger charge is -2.50. The molecule has 0 saturated carbocycles. The Hall–Kier alpha value is -2.11. The zero-order valence-corrected chi connectivity index (χ0v) is 18.3. The molecule has 1 aromatic heterocycles. The molecule has 5 rings (SSSR count). The zero-order chi connectivity index (χ0) is 20.7. The Bertz CT molecular complexity index is 916. The highest BCUT2D eigenvalue weighted by molar-refractivity contribution is 5.46. The van der Waals surface area contributed by atoms with Crippen molar-refractivity contribution in [2.45, 2.75) is 37.3 Å². The maximum Gasteiger partial charge on any atom is 0.251 e. The molecule has 30 heavy (non-hydrogen) atoms. The lowest BCUT2D eigenvalue weighted by atomic mass is 9.77. The summed E-state index contributed by atoms with van der Waals surface area (Å²) in [6.07, 6.45) is 3.68. The lowest BCUT2D eigenvalue weighted by molar-refractivity contribution is 0.0436. The number of piperidine rings is 2. The fourth-order valence-electron chi connectivity index (χ4n) is 6.11. The first-order valence-corrected chi connectivity index (χ1v) is 11.5. The van der Waals surface area contributed by atoms with E-state index in [9.17, 15) is 4.79 Å². The molecule has 0 radical (unpaired) electrons. The SMILES string of the molecule is CN(C)C[C@H]1[C@H]2C[C@H](CN(C3CCN(c4ccccc4)CC3)C2)c2cccc(=O)n21. The molecule has 2 fully saturated rings. The van der Waals surface area contributed by atoms with Crippen LogP contribution in [0.1, 0.15) is 36.9 Å². The monoisotopic (exact) mass is 406 g/mol. The number of pyridine rings is 1. The number of anilines is 1. The maximum absolute atomic E-state index is 12.8. The number of aromatic nitrogens is 1. The van der Waals surface area contributed by atoms with Gasteiger partial charge in [0.25, 0.3) is 5.56 Å². The van der Waals surface area contributed by atoms with Gasteiger partial charge in [0.1, 0.15) is 0 Å². The molecule has 0 aliphatic carbocycles. The van der Waals surface area contributed by atoms with Crippen molar-refractivity contribution >= 4 is 5.69 Å². The summed E-state index contributed by atoms with van der Waals surface area (Å²) in [4.78, 5) is 20.3. The van der Waals surface area contributed by atoms with Gasteiger partial charge in [0.05, 0.1) is 6.04 Å². The van der Waals surface area contributed by atoms with Crippen molar-refractivity contribution < 1.29 is 0 Å². The van der Waals surface area contributed by atoms with Gasteiger partial charge in [-0.3, -0.25) is 9.69 Å². The molecule has 5 nitrogen and oxygen atoms in total. The molecule has 2 bridgehead atoms. The predicted molar refractivity (Wildman–Crippen MR) is 122 cm³/mol. The molecule has 1 aromatic carbocycles. The van der Waals surface area contributed by atoms with Gasteiger partial charge in [-0.1, -0.05) is 24.3 Å². The topological polar surface area (TPSA) is 31.7 Å². The summed E-state index contributed by atoms with van der Waals surface area (Å²) in [6.45, 7) is 5.44. The Kier molecular flexibility index (Phi) is 5.42. The van der Waals surface area contributed by atoms with E-state index in [2.05, 4.69) is 69.8 Å². The summed E-state index contributed by atoms with van der Waals surface area (Å²) in [7, 11) is 4.25. The zero-order valence-electron chi connectivity index (χ0n) is 18.3. The predicted octanol–water partition coefficient (Wildman–Crippen LogP) is 3.04. The number of para-hydroxylation sites is 1. The van der Waals surface area contributed by atoms with E-state index in [1.807, 2.05) is 6.07 Å². The number of hydrogen-bond acceptors (Lipinski definition) is 4. The fraction of sp³-hybridized carbons (Fsp3) is 0.560. The Morgan fingerprint density at radius 2 is 1.73 bits per heavy atom. The molecule has 3 atom stereocenters. The molecule has 0 N–H and O–H groups in total. The fourth-order valence-corrected chi connectivity index (χ4v) is 6.11. The van der Waals surface area contributed by atoms with Crippen molar-refractivity contribution in [3.63, 3.8) is 0 Å². The van der Waals surface area contributed by atoms with Gasteiger partial charge in [-0.2, -0.15) is 0 Å². The van der Waals surface area contributed by atoms with Crippen LogP contribution in [-0.4, -0.2) is 67.2 Å². The van der Waals surface area contributed by atoms with E-state index in [4.69, 9.17) is 0 Å². The van der Waals surface area contributed by atoms with Gasteiger partial charge in [0.2, 0.25) is 0 Å². The molecule has 3 aliphatic heterocycles. The Balaban J connectivity index is 1.34. The van der Waals surface area contributed by atoms with Crippen LogP contribution < -0.4 is 10.5 Å². The molecule has 0 amide bonds. The van der Waals surface area contributed by atoms with Gasteiger partial charge >= 0.3 is 0 Å². The van der Waals surface area contributed by atoms with Crippen molar-refractivity contribution in [2.75, 3.05) is 51.7 Å². The lowest BCUT2D eigenvalue weighted by Crippen LogP contribution is -2.55. The number of benzene rings is 1. The summed E-state index contributed by atoms with van der Waals surface area (Å²) >= 11 is 0. The van der Waals surface area contributed by atoms with E-state index < -0.39 is 0 Å². The van der Waals surface area contributed by atoms with Gasteiger partial charge in [-0.15, -0.1) is 0 Å². The van der Waals surface area contributed by atoms with Crippen LogP contribution in [0, 0.1) is 5.92 Å². The van der Waals surface area contributed by atoms with E-state index in [0.717, 1.165) is 32.7 Å². The van der Waals surface area contributed by atoms with Crippen LogP contribution >= 0.6 is 0 Å². The van der Waals surface area contributed by atoms with Crippen LogP contribution in [0.5, 0.6) is 0 Å². The number of likely N-dealkylation sites (N-methyl/N-ethyl adjacent to an activating group) is 1. The van der Waals surface area contributed by atoms with Crippen LogP contribution in [-0.2, 0) is 0 Å². The smallest absolute Gasteiger partial charge is 0.251 e. The largest absolute Gasteiger partial charge is 0.371 e. The average Bonchev–Trinajstić information content (AvgIpc) is 2.77. The third-order valence-corrected chi connectivity index (χ3v) is 7.48. The van der Waals surface area contributed by atoms with Crippen molar-refractivity contribution in [3.05, 3.63) is 64.6 Å². The second-order valence-electron chi connectivity index (χ2n) is 9.69. The number of rotatable bonds is 4. The van der Waals surface area contributed by atoms with Crippen molar-refractivity contribution in [1.29, 1.82) is 0 Å². The Labute approximate surface area is 179 Å². The highest BCUT2D eigenvalue weighted by atomic mass is 16.1. The van der Waals surface area contributed by atoms with Crippen LogP contribution in [0.15, 0.2) is 53.3 Å². The van der Waals surface area contributed by atoms with Crippen LogP contribution in [0.4, 0.5) is 5.69 Å². The van der Waals surface area contributed by atoms with Gasteiger partial charge in [-0.25, -0.2) is 0 Å². The maximum atomic E-state index is 12.8. The van der Waals surface area contributed by atoms with Crippen molar-refractivity contribution in [2.24, 2.45) is 5.92 Å². The van der Waals surface area contributed by atoms with Gasteiger partial charge in [0, 0.05) is 62.1 Å². The Morgan fingerprint density at radius 1 is 0.967 bits per heavy atom. The standard InChI is InChI=1S/C25H34N4O/c1-26(2)18-24-20-15-19(23-9-6-10-25(30)29(23)24)16-28(17-20)22-11-13-27(14-12-22)21-7-4-3-5-8-21/h3-10,19-20,22,24H,11-18H2,1-2H3/t19-,20+,24+/m1/s1. The normalized spacial score (nSPS) is 27.3. The van der Waals surface area contributed by atoms with E-state index in [0.29, 0.717) is 17.9 Å². The highest BCUT2D eigenvalue weighted by Gasteiger charge is 2.42. The first-order chi connectivity index (χ1) is 14.6. The summed E-state index contributed by atoms with van der Waals surface area (Å²) in [5, 5.41) is 0. The van der Waals surface area contributed by atoms with Crippen molar-refractivity contribution in [1.82, 2.24) is 14.4 Å². The third kappa shape index (κ3) is 3.69. The van der Waals surface area contributed by atoms with E-state index >= 15 is 0 Å². The second kappa shape index (κ2) is 8.20. The van der Waals surface area contributed by atoms with Crippen LogP contribution in [0.3, 0.4) is 0 Å². The summed E-state index contributed by atoms with van der Waals surface area (Å²) in [5.74, 6) is 1.05. The first-order valence-electron chi connectivity index (χ1n) is 11.5. The summed E-state index contributed by atoms with van der Waals surface area (Å²) < 4.78 is 2.13. The first kappa shape index (κ1) is 19.8. The van der Waals surface area contributed by atoms with Gasteiger partial charge in [0.15, 0.2) is 0 Å². The Morgan fingerprint density at radius 3 is 2.47 bits per heavy atom. The molecule has 0 spiro atoms. The van der Waals surface area contributed by atoms with Crippen LogP contribution in [0.25, 0.3) is 0 Å². The van der Waals surface area contributed by atoms with Gasteiger partial charge in [-0.05, 0) is 57.5 Å².